The number of aromatic amines is 1. The van der Waals surface area contributed by atoms with Crippen molar-refractivity contribution in [1.29, 1.82) is 0 Å². The summed E-state index contributed by atoms with van der Waals surface area (Å²) in [5.74, 6) is 1.13. The Morgan fingerprint density at radius 2 is 2.00 bits per heavy atom. The zero-order chi connectivity index (χ0) is 15.4. The Bertz CT molecular complexity index is 597. The molecule has 1 aromatic carbocycles. The summed E-state index contributed by atoms with van der Waals surface area (Å²) in [4.78, 5) is 19.5. The van der Waals surface area contributed by atoms with Crippen molar-refractivity contribution in [1.82, 2.24) is 9.88 Å². The van der Waals surface area contributed by atoms with Crippen molar-refractivity contribution in [3.63, 3.8) is 0 Å². The first-order valence-electron chi connectivity index (χ1n) is 8.02. The van der Waals surface area contributed by atoms with Crippen LogP contribution in [0.3, 0.4) is 0 Å². The highest BCUT2D eigenvalue weighted by Gasteiger charge is 2.22. The fraction of sp³-hybridized carbons (Fsp3) is 0.471. The van der Waals surface area contributed by atoms with E-state index in [1.165, 1.54) is 5.39 Å². The summed E-state index contributed by atoms with van der Waals surface area (Å²) < 4.78 is 5.27. The first-order chi connectivity index (χ1) is 10.8. The molecule has 2 heterocycles. The highest BCUT2D eigenvalue weighted by Crippen LogP contribution is 2.22. The van der Waals surface area contributed by atoms with E-state index in [9.17, 15) is 4.79 Å². The molecule has 1 saturated heterocycles. The minimum atomic E-state index is -0.176. The van der Waals surface area contributed by atoms with Gasteiger partial charge < -0.3 is 19.5 Å². The van der Waals surface area contributed by atoms with E-state index in [0.717, 1.165) is 37.3 Å². The maximum atomic E-state index is 11.9. The maximum Gasteiger partial charge on any atom is 0.409 e. The minimum Gasteiger partial charge on any atom is -0.449 e. The van der Waals surface area contributed by atoms with Gasteiger partial charge in [-0.3, -0.25) is 0 Å². The van der Waals surface area contributed by atoms with Crippen molar-refractivity contribution in [2.45, 2.75) is 19.8 Å². The molecule has 0 bridgehead atoms. The van der Waals surface area contributed by atoms with Gasteiger partial charge in [0.1, 0.15) is 5.82 Å². The summed E-state index contributed by atoms with van der Waals surface area (Å²) in [7, 11) is 0. The lowest BCUT2D eigenvalue weighted by Crippen LogP contribution is -2.49. The van der Waals surface area contributed by atoms with Crippen LogP contribution in [0.5, 0.6) is 0 Å². The number of carbonyl (C=O) groups excluding carboxylic acids is 1. The molecule has 0 saturated carbocycles. The number of nitrogens with zero attached hydrogens (tertiary/aromatic N) is 2. The predicted molar refractivity (Wildman–Crippen MR) is 88.3 cm³/mol. The second kappa shape index (κ2) is 6.73. The van der Waals surface area contributed by atoms with Gasteiger partial charge in [-0.15, -0.1) is 0 Å². The molecule has 1 aliphatic rings. The molecule has 0 unspecified atom stereocenters. The number of ether oxygens (including phenoxy) is 1. The zero-order valence-corrected chi connectivity index (χ0v) is 13.0. The Labute approximate surface area is 130 Å². The maximum absolute atomic E-state index is 11.9. The summed E-state index contributed by atoms with van der Waals surface area (Å²) in [5.41, 5.74) is 1.15. The molecule has 1 aliphatic heterocycles. The van der Waals surface area contributed by atoms with Crippen LogP contribution in [0.4, 0.5) is 10.6 Å². The molecule has 0 aliphatic carbocycles. The van der Waals surface area contributed by atoms with E-state index in [1.54, 1.807) is 4.90 Å². The van der Waals surface area contributed by atoms with Crippen molar-refractivity contribution in [2.75, 3.05) is 37.7 Å². The largest absolute Gasteiger partial charge is 0.449 e. The number of nitrogens with one attached hydrogen (secondary N) is 1. The van der Waals surface area contributed by atoms with Crippen LogP contribution in [0, 0.1) is 0 Å². The molecule has 1 aromatic heterocycles. The highest BCUT2D eigenvalue weighted by atomic mass is 16.6. The van der Waals surface area contributed by atoms with Crippen LogP contribution < -0.4 is 4.90 Å². The van der Waals surface area contributed by atoms with Gasteiger partial charge in [-0.2, -0.15) is 0 Å². The Hall–Kier alpha value is -2.17. The van der Waals surface area contributed by atoms with E-state index in [4.69, 9.17) is 4.74 Å². The van der Waals surface area contributed by atoms with E-state index >= 15 is 0 Å². The number of hydrogen-bond donors (Lipinski definition) is 1. The van der Waals surface area contributed by atoms with Crippen molar-refractivity contribution >= 4 is 22.8 Å². The van der Waals surface area contributed by atoms with Crippen LogP contribution in [0.1, 0.15) is 19.8 Å². The number of anilines is 1. The van der Waals surface area contributed by atoms with Gasteiger partial charge in [-0.25, -0.2) is 4.79 Å². The Morgan fingerprint density at radius 1 is 1.23 bits per heavy atom. The molecular weight excluding hydrogens is 278 g/mol. The van der Waals surface area contributed by atoms with Crippen LogP contribution in [0.15, 0.2) is 30.3 Å². The quantitative estimate of drug-likeness (QED) is 0.882. The number of H-pyrrole nitrogens is 1. The van der Waals surface area contributed by atoms with Gasteiger partial charge in [-0.1, -0.05) is 31.5 Å². The van der Waals surface area contributed by atoms with Gasteiger partial charge in [0.25, 0.3) is 0 Å². The molecule has 5 nitrogen and oxygen atoms in total. The van der Waals surface area contributed by atoms with Crippen molar-refractivity contribution in [2.24, 2.45) is 0 Å². The van der Waals surface area contributed by atoms with Gasteiger partial charge in [0.2, 0.25) is 0 Å². The molecule has 1 N–H and O–H groups in total. The topological polar surface area (TPSA) is 48.6 Å². The molecule has 0 atom stereocenters. The molecule has 2 aromatic rings. The SMILES string of the molecule is CCCCOC(=O)N1CCN(c2cc3ccccc3[nH]2)CC1. The smallest absolute Gasteiger partial charge is 0.409 e. The van der Waals surface area contributed by atoms with Crippen LogP contribution in [0.2, 0.25) is 0 Å². The van der Waals surface area contributed by atoms with E-state index < -0.39 is 0 Å². The molecule has 1 fully saturated rings. The van der Waals surface area contributed by atoms with E-state index in [0.29, 0.717) is 19.7 Å². The normalized spacial score (nSPS) is 15.3. The van der Waals surface area contributed by atoms with E-state index in [-0.39, 0.29) is 6.09 Å². The first kappa shape index (κ1) is 14.8. The lowest BCUT2D eigenvalue weighted by atomic mass is 10.2. The van der Waals surface area contributed by atoms with Crippen LogP contribution >= 0.6 is 0 Å². The number of para-hydroxylation sites is 1. The van der Waals surface area contributed by atoms with Gasteiger partial charge >= 0.3 is 6.09 Å². The summed E-state index contributed by atoms with van der Waals surface area (Å²) in [6, 6.07) is 10.4. The Balaban J connectivity index is 1.56. The van der Waals surface area contributed by atoms with Gasteiger partial charge in [0.05, 0.1) is 6.61 Å². The minimum absolute atomic E-state index is 0.176. The molecular formula is C17H23N3O2. The molecule has 118 valence electrons. The lowest BCUT2D eigenvalue weighted by molar-refractivity contribution is 0.0989. The fourth-order valence-electron chi connectivity index (χ4n) is 2.75. The van der Waals surface area contributed by atoms with Gasteiger partial charge in [0.15, 0.2) is 0 Å². The average Bonchev–Trinajstić information content (AvgIpc) is 2.99. The molecule has 1 amide bonds. The predicted octanol–water partition coefficient (Wildman–Crippen LogP) is 3.23. The summed E-state index contributed by atoms with van der Waals surface area (Å²) in [6.45, 7) is 5.69. The van der Waals surface area contributed by atoms with Gasteiger partial charge in [0, 0.05) is 37.1 Å². The number of carbonyl (C=O) groups is 1. The van der Waals surface area contributed by atoms with Crippen molar-refractivity contribution in [3.05, 3.63) is 30.3 Å². The Morgan fingerprint density at radius 3 is 2.73 bits per heavy atom. The molecule has 22 heavy (non-hydrogen) atoms. The third kappa shape index (κ3) is 3.18. The summed E-state index contributed by atoms with van der Waals surface area (Å²) >= 11 is 0. The molecule has 0 spiro atoms. The molecule has 5 heteroatoms. The molecule has 3 rings (SSSR count). The van der Waals surface area contributed by atoms with Crippen LogP contribution in [-0.2, 0) is 4.74 Å². The third-order valence-electron chi connectivity index (χ3n) is 4.12. The lowest BCUT2D eigenvalue weighted by Gasteiger charge is -2.34. The number of aromatic nitrogens is 1. The monoisotopic (exact) mass is 301 g/mol. The summed E-state index contributed by atoms with van der Waals surface area (Å²) in [6.07, 6.45) is 1.80. The first-order valence-corrected chi connectivity index (χ1v) is 8.02. The highest BCUT2D eigenvalue weighted by molar-refractivity contribution is 5.84. The number of amides is 1. The average molecular weight is 301 g/mol. The Kier molecular flexibility index (Phi) is 4.51. The standard InChI is InChI=1S/C17H23N3O2/c1-2-3-12-22-17(21)20-10-8-19(9-11-20)16-13-14-6-4-5-7-15(14)18-16/h4-7,13,18H,2-3,8-12H2,1H3. The van der Waals surface area contributed by atoms with Gasteiger partial charge in [-0.05, 0) is 18.6 Å². The second-order valence-electron chi connectivity index (χ2n) is 5.68. The van der Waals surface area contributed by atoms with E-state index in [1.807, 2.05) is 12.1 Å². The zero-order valence-electron chi connectivity index (χ0n) is 13.0. The number of benzene rings is 1. The number of unbranched alkanes of at least 4 members (excludes halogenated alkanes) is 1. The van der Waals surface area contributed by atoms with Crippen LogP contribution in [0.25, 0.3) is 10.9 Å². The third-order valence-corrected chi connectivity index (χ3v) is 4.12. The molecule has 0 radical (unpaired) electrons. The number of rotatable bonds is 4. The number of piperazine rings is 1. The second-order valence-corrected chi connectivity index (χ2v) is 5.68. The number of fused-ring (bicyclic) bond motifs is 1. The van der Waals surface area contributed by atoms with E-state index in [2.05, 4.69) is 35.0 Å². The number of hydrogen-bond acceptors (Lipinski definition) is 3. The fourth-order valence-corrected chi connectivity index (χ4v) is 2.75. The van der Waals surface area contributed by atoms with Crippen LogP contribution in [-0.4, -0.2) is 48.8 Å². The van der Waals surface area contributed by atoms with Crippen molar-refractivity contribution in [3.8, 4) is 0 Å². The van der Waals surface area contributed by atoms with Crippen molar-refractivity contribution < 1.29 is 9.53 Å². The summed E-state index contributed by atoms with van der Waals surface area (Å²) in [5, 5.41) is 1.22.